The van der Waals surface area contributed by atoms with Crippen molar-refractivity contribution in [3.8, 4) is 0 Å². The van der Waals surface area contributed by atoms with Gasteiger partial charge in [0.2, 0.25) is 0 Å². The van der Waals surface area contributed by atoms with Gasteiger partial charge < -0.3 is 9.90 Å². The molecular formula is C2HN2O6-. The smallest absolute Gasteiger partial charge is 0.490 e. The number of hydrogen-bond acceptors (Lipinski definition) is 6. The summed E-state index contributed by atoms with van der Waals surface area (Å²) in [7, 11) is 0. The van der Waals surface area contributed by atoms with E-state index < -0.39 is 22.0 Å². The van der Waals surface area contributed by atoms with Gasteiger partial charge in [0.15, 0.2) is 5.97 Å². The number of rotatable bonds is 3. The maximum Gasteiger partial charge on any atom is 0.490 e. The highest BCUT2D eigenvalue weighted by Crippen LogP contribution is 1.87. The van der Waals surface area contributed by atoms with Crippen molar-refractivity contribution in [2.45, 2.75) is 6.17 Å². The van der Waals surface area contributed by atoms with Gasteiger partial charge in [-0.15, -0.1) is 0 Å². The Hall–Kier alpha value is -1.73. The van der Waals surface area contributed by atoms with E-state index in [1.807, 2.05) is 0 Å². The molecule has 0 aromatic rings. The van der Waals surface area contributed by atoms with Gasteiger partial charge in [0, 0.05) is 0 Å². The van der Waals surface area contributed by atoms with Crippen molar-refractivity contribution in [3.63, 3.8) is 0 Å². The predicted molar refractivity (Wildman–Crippen MR) is 22.8 cm³/mol. The van der Waals surface area contributed by atoms with Crippen molar-refractivity contribution in [2.75, 3.05) is 0 Å². The number of aliphatic carboxylic acids is 1. The maximum absolute atomic E-state index is 9.59. The number of carboxylic acids is 1. The zero-order valence-electron chi connectivity index (χ0n) is 4.42. The molecule has 0 aliphatic carbocycles. The molecule has 0 fully saturated rings. The van der Waals surface area contributed by atoms with Crippen LogP contribution in [-0.2, 0) is 4.79 Å². The molecule has 8 nitrogen and oxygen atoms in total. The summed E-state index contributed by atoms with van der Waals surface area (Å²) >= 11 is 0. The Morgan fingerprint density at radius 3 is 1.50 bits per heavy atom. The lowest BCUT2D eigenvalue weighted by Crippen LogP contribution is -2.45. The SMILES string of the molecule is O=C([O-])C([N+](=O)[O-])[N+](=O)[O-]. The summed E-state index contributed by atoms with van der Waals surface area (Å²) in [5.41, 5.74) is 0. The monoisotopic (exact) mass is 149 g/mol. The average Bonchev–Trinajstić information content (AvgIpc) is 1.59. The molecule has 0 aromatic carbocycles. The van der Waals surface area contributed by atoms with Gasteiger partial charge in [-0.25, -0.2) is 0 Å². The van der Waals surface area contributed by atoms with Crippen LogP contribution in [-0.4, -0.2) is 22.0 Å². The van der Waals surface area contributed by atoms with Gasteiger partial charge in [-0.3, -0.25) is 20.2 Å². The largest absolute Gasteiger partial charge is 0.538 e. The third-order valence-corrected chi connectivity index (χ3v) is 0.610. The average molecular weight is 149 g/mol. The molecule has 0 heterocycles. The minimum absolute atomic E-state index is 1.55. The summed E-state index contributed by atoms with van der Waals surface area (Å²) in [5.74, 6) is -2.32. The summed E-state index contributed by atoms with van der Waals surface area (Å²) in [6.07, 6.45) is -2.86. The molecule has 0 aliphatic heterocycles. The van der Waals surface area contributed by atoms with Crippen molar-refractivity contribution in [2.24, 2.45) is 0 Å². The van der Waals surface area contributed by atoms with E-state index in [1.165, 1.54) is 0 Å². The van der Waals surface area contributed by atoms with Crippen molar-refractivity contribution < 1.29 is 19.7 Å². The van der Waals surface area contributed by atoms with E-state index in [9.17, 15) is 30.1 Å². The van der Waals surface area contributed by atoms with Crippen LogP contribution in [0.25, 0.3) is 0 Å². The van der Waals surface area contributed by atoms with Crippen LogP contribution in [0.15, 0.2) is 0 Å². The first-order chi connectivity index (χ1) is 4.46. The van der Waals surface area contributed by atoms with E-state index in [-0.39, 0.29) is 0 Å². The molecule has 0 saturated carbocycles. The zero-order valence-corrected chi connectivity index (χ0v) is 4.42. The summed E-state index contributed by atoms with van der Waals surface area (Å²) in [5, 5.41) is 28.6. The Morgan fingerprint density at radius 2 is 1.50 bits per heavy atom. The van der Waals surface area contributed by atoms with E-state index >= 15 is 0 Å². The zero-order chi connectivity index (χ0) is 8.31. The van der Waals surface area contributed by atoms with Crippen molar-refractivity contribution in [3.05, 3.63) is 20.2 Å². The lowest BCUT2D eigenvalue weighted by atomic mass is 10.5. The number of hydrogen-bond donors (Lipinski definition) is 0. The topological polar surface area (TPSA) is 126 Å². The molecule has 0 amide bonds. The first-order valence-corrected chi connectivity index (χ1v) is 1.94. The van der Waals surface area contributed by atoms with Gasteiger partial charge in [0.25, 0.3) is 0 Å². The lowest BCUT2D eigenvalue weighted by Gasteiger charge is -1.99. The molecule has 0 atom stereocenters. The van der Waals surface area contributed by atoms with Gasteiger partial charge in [-0.05, 0) is 0 Å². The third kappa shape index (κ3) is 1.65. The summed E-state index contributed by atoms with van der Waals surface area (Å²) in [6, 6.07) is 0. The van der Waals surface area contributed by atoms with Crippen molar-refractivity contribution >= 4 is 5.97 Å². The highest BCUT2D eigenvalue weighted by Gasteiger charge is 2.33. The van der Waals surface area contributed by atoms with Crippen LogP contribution in [0, 0.1) is 20.2 Å². The van der Waals surface area contributed by atoms with Crippen molar-refractivity contribution in [1.29, 1.82) is 0 Å². The number of nitrogens with zero attached hydrogens (tertiary/aromatic N) is 2. The van der Waals surface area contributed by atoms with E-state index in [4.69, 9.17) is 0 Å². The highest BCUT2D eigenvalue weighted by atomic mass is 16.7. The standard InChI is InChI=1S/C2H2N2O6/c5-2(6)1(3(7)8)4(9)10/h1H,(H,5,6)/p-1. The molecule has 8 heteroatoms. The number of nitro groups is 2. The molecule has 0 aromatic heterocycles. The molecule has 56 valence electrons. The minimum atomic E-state index is -2.86. The van der Waals surface area contributed by atoms with Gasteiger partial charge in [0.1, 0.15) is 9.85 Å². The van der Waals surface area contributed by atoms with Crippen LogP contribution in [0.1, 0.15) is 0 Å². The summed E-state index contributed by atoms with van der Waals surface area (Å²) in [4.78, 5) is 25.5. The molecule has 0 N–H and O–H groups in total. The van der Waals surface area contributed by atoms with E-state index in [2.05, 4.69) is 0 Å². The van der Waals surface area contributed by atoms with Crippen molar-refractivity contribution in [1.82, 2.24) is 0 Å². The van der Waals surface area contributed by atoms with E-state index in [0.29, 0.717) is 0 Å². The highest BCUT2D eigenvalue weighted by molar-refractivity contribution is 5.67. The molecule has 10 heavy (non-hydrogen) atoms. The van der Waals surface area contributed by atoms with Crippen LogP contribution >= 0.6 is 0 Å². The normalized spacial score (nSPS) is 9.30. The van der Waals surface area contributed by atoms with E-state index in [1.54, 1.807) is 0 Å². The molecule has 0 radical (unpaired) electrons. The fraction of sp³-hybridized carbons (Fsp3) is 0.500. The minimum Gasteiger partial charge on any atom is -0.538 e. The van der Waals surface area contributed by atoms with Crippen LogP contribution in [0.4, 0.5) is 0 Å². The molecule has 0 unspecified atom stereocenters. The quantitative estimate of drug-likeness (QED) is 0.250. The Balaban J connectivity index is 4.43. The van der Waals surface area contributed by atoms with Gasteiger partial charge >= 0.3 is 6.17 Å². The Bertz CT molecular complexity index is 153. The predicted octanol–water partition coefficient (Wildman–Crippen LogP) is -2.38. The third-order valence-electron chi connectivity index (χ3n) is 0.610. The number of carbonyl (C=O) groups is 1. The summed E-state index contributed by atoms with van der Waals surface area (Å²) in [6.45, 7) is 0. The van der Waals surface area contributed by atoms with Gasteiger partial charge in [-0.1, -0.05) is 0 Å². The molecule has 0 bridgehead atoms. The van der Waals surface area contributed by atoms with Gasteiger partial charge in [0.05, 0.1) is 0 Å². The maximum atomic E-state index is 9.59. The van der Waals surface area contributed by atoms with Crippen LogP contribution in [0.3, 0.4) is 0 Å². The molecule has 0 rings (SSSR count). The van der Waals surface area contributed by atoms with Crippen LogP contribution in [0.5, 0.6) is 0 Å². The first-order valence-electron chi connectivity index (χ1n) is 1.94. The summed E-state index contributed by atoms with van der Waals surface area (Å²) < 4.78 is 0. The Kier molecular flexibility index (Phi) is 2.24. The number of carboxylic acid groups (broad SMARTS) is 1. The first kappa shape index (κ1) is 8.27. The van der Waals surface area contributed by atoms with Crippen LogP contribution in [0.2, 0.25) is 0 Å². The fourth-order valence-corrected chi connectivity index (χ4v) is 0.249. The second-order valence-electron chi connectivity index (χ2n) is 1.26. The second kappa shape index (κ2) is 2.71. The second-order valence-corrected chi connectivity index (χ2v) is 1.26. The van der Waals surface area contributed by atoms with Crippen LogP contribution < -0.4 is 5.11 Å². The molecular weight excluding hydrogens is 148 g/mol. The Labute approximate surface area is 53.4 Å². The van der Waals surface area contributed by atoms with Gasteiger partial charge in [-0.2, -0.15) is 0 Å². The number of carbonyl (C=O) groups excluding carboxylic acids is 1. The molecule has 0 aliphatic rings. The fourth-order valence-electron chi connectivity index (χ4n) is 0.249. The molecule has 0 saturated heterocycles. The molecule has 0 spiro atoms. The van der Waals surface area contributed by atoms with E-state index in [0.717, 1.165) is 0 Å². The Morgan fingerprint density at radius 1 is 1.20 bits per heavy atom. The lowest BCUT2D eigenvalue weighted by molar-refractivity contribution is -0.731.